The van der Waals surface area contributed by atoms with Crippen LogP contribution in [0.25, 0.3) is 0 Å². The van der Waals surface area contributed by atoms with E-state index in [1.54, 1.807) is 0 Å². The average molecular weight is 329 g/mol. The molecule has 2 fully saturated rings. The zero-order chi connectivity index (χ0) is 17.1. The Hall–Kier alpha value is -0.380. The van der Waals surface area contributed by atoms with Gasteiger partial charge in [0.1, 0.15) is 5.75 Å². The lowest BCUT2D eigenvalue weighted by Gasteiger charge is -2.48. The molecule has 0 saturated heterocycles. The van der Waals surface area contributed by atoms with E-state index in [1.807, 2.05) is 0 Å². The second-order valence-electron chi connectivity index (χ2n) is 9.82. The molecule has 2 aliphatic rings. The van der Waals surface area contributed by atoms with Gasteiger partial charge in [0.25, 0.3) is 0 Å². The van der Waals surface area contributed by atoms with Gasteiger partial charge in [-0.1, -0.05) is 41.5 Å². The summed E-state index contributed by atoms with van der Waals surface area (Å²) >= 11 is 0. The molecule has 3 nitrogen and oxygen atoms in total. The third-order valence-electron chi connectivity index (χ3n) is 5.82. The molecule has 2 rings (SSSR count). The smallest absolute Gasteiger partial charge is 0.154 e. The fourth-order valence-electron chi connectivity index (χ4n) is 5.52. The van der Waals surface area contributed by atoms with Gasteiger partial charge in [0, 0.05) is 12.2 Å². The molecule has 0 aromatic carbocycles. The van der Waals surface area contributed by atoms with E-state index < -0.39 is 9.84 Å². The molecule has 5 atom stereocenters. The quantitative estimate of drug-likeness (QED) is 0.795. The number of fused-ring (bicyclic) bond motifs is 2. The number of ketones is 1. The summed E-state index contributed by atoms with van der Waals surface area (Å²) < 4.78 is 23.0. The van der Waals surface area contributed by atoms with Gasteiger partial charge in [-0.25, -0.2) is 8.42 Å². The molecule has 0 heterocycles. The first-order chi connectivity index (χ1) is 9.72. The number of rotatable bonds is 3. The molecule has 2 bridgehead atoms. The van der Waals surface area contributed by atoms with Crippen molar-refractivity contribution in [3.8, 4) is 0 Å². The van der Waals surface area contributed by atoms with Crippen molar-refractivity contribution >= 4 is 15.6 Å². The summed E-state index contributed by atoms with van der Waals surface area (Å²) in [5, 5.41) is 0. The van der Waals surface area contributed by atoms with Gasteiger partial charge in [-0.15, -0.1) is 0 Å². The largest absolute Gasteiger partial charge is 0.298 e. The monoisotopic (exact) mass is 328 g/mol. The van der Waals surface area contributed by atoms with Gasteiger partial charge < -0.3 is 0 Å². The van der Waals surface area contributed by atoms with Crippen LogP contribution in [0.3, 0.4) is 0 Å². The van der Waals surface area contributed by atoms with Crippen molar-refractivity contribution in [3.63, 3.8) is 0 Å². The average Bonchev–Trinajstić information content (AvgIpc) is 2.80. The number of carbonyl (C=O) groups is 1. The lowest BCUT2D eigenvalue weighted by atomic mass is 9.56. The van der Waals surface area contributed by atoms with Crippen LogP contribution in [-0.2, 0) is 14.6 Å². The van der Waals surface area contributed by atoms with Crippen LogP contribution in [0.5, 0.6) is 0 Å². The van der Waals surface area contributed by atoms with Crippen LogP contribution in [-0.4, -0.2) is 26.2 Å². The maximum Gasteiger partial charge on any atom is 0.154 e. The Morgan fingerprint density at radius 2 is 1.45 bits per heavy atom. The predicted octanol–water partition coefficient (Wildman–Crippen LogP) is 3.58. The minimum atomic E-state index is -3.22. The molecule has 128 valence electrons. The van der Waals surface area contributed by atoms with Crippen molar-refractivity contribution < 1.29 is 13.2 Å². The number of hydrogen-bond donors (Lipinski definition) is 0. The lowest BCUT2D eigenvalue weighted by Crippen LogP contribution is -2.44. The van der Waals surface area contributed by atoms with Gasteiger partial charge in [0.05, 0.1) is 0 Å². The van der Waals surface area contributed by atoms with Crippen molar-refractivity contribution in [2.45, 2.75) is 54.4 Å². The normalized spacial score (nSPS) is 35.9. The first-order valence-electron chi connectivity index (χ1n) is 8.42. The Morgan fingerprint density at radius 3 is 1.86 bits per heavy atom. The van der Waals surface area contributed by atoms with Gasteiger partial charge in [0.2, 0.25) is 0 Å². The zero-order valence-corrected chi connectivity index (χ0v) is 16.0. The molecule has 0 aliphatic heterocycles. The second-order valence-corrected chi connectivity index (χ2v) is 12.0. The van der Waals surface area contributed by atoms with Gasteiger partial charge in [-0.05, 0) is 47.3 Å². The summed E-state index contributed by atoms with van der Waals surface area (Å²) in [4.78, 5) is 12.5. The van der Waals surface area contributed by atoms with Crippen LogP contribution < -0.4 is 0 Å². The molecule has 0 N–H and O–H groups in total. The molecule has 5 unspecified atom stereocenters. The molecule has 0 spiro atoms. The van der Waals surface area contributed by atoms with E-state index in [9.17, 15) is 13.2 Å². The highest BCUT2D eigenvalue weighted by Crippen LogP contribution is 2.64. The minimum Gasteiger partial charge on any atom is -0.298 e. The number of Topliss-reactive ketones (excluding diaryl/α,β-unsaturated/α-hetero) is 1. The van der Waals surface area contributed by atoms with E-state index in [1.165, 1.54) is 0 Å². The fraction of sp³-hybridized carbons (Fsp3) is 0.944. The van der Waals surface area contributed by atoms with Gasteiger partial charge in [-0.3, -0.25) is 4.79 Å². The maximum absolute atomic E-state index is 12.5. The van der Waals surface area contributed by atoms with Gasteiger partial charge in [-0.2, -0.15) is 0 Å². The molecule has 4 heteroatoms. The van der Waals surface area contributed by atoms with E-state index in [-0.39, 0.29) is 28.3 Å². The van der Waals surface area contributed by atoms with Crippen LogP contribution in [0, 0.1) is 40.4 Å². The zero-order valence-electron chi connectivity index (χ0n) is 15.1. The van der Waals surface area contributed by atoms with Crippen molar-refractivity contribution in [2.75, 3.05) is 12.0 Å². The highest BCUT2D eigenvalue weighted by molar-refractivity contribution is 7.91. The Balaban J connectivity index is 2.29. The summed E-state index contributed by atoms with van der Waals surface area (Å²) in [6.45, 7) is 13.7. The fourth-order valence-corrected chi connectivity index (χ4v) is 6.25. The molecule has 0 radical (unpaired) electrons. The Bertz CT molecular complexity index is 548. The number of sulfone groups is 1. The van der Waals surface area contributed by atoms with E-state index in [4.69, 9.17) is 0 Å². The molecule has 2 saturated carbocycles. The molecule has 0 aromatic heterocycles. The Morgan fingerprint density at radius 1 is 0.955 bits per heavy atom. The van der Waals surface area contributed by atoms with Crippen molar-refractivity contribution in [1.82, 2.24) is 0 Å². The van der Waals surface area contributed by atoms with Crippen molar-refractivity contribution in [3.05, 3.63) is 0 Å². The first kappa shape index (κ1) is 18.0. The summed E-state index contributed by atoms with van der Waals surface area (Å²) in [5.74, 6) is 1.70. The van der Waals surface area contributed by atoms with Crippen molar-refractivity contribution in [1.29, 1.82) is 0 Å². The minimum absolute atomic E-state index is 0.0393. The Kier molecular flexibility index (Phi) is 4.35. The third-order valence-corrected chi connectivity index (χ3v) is 6.63. The molecule has 2 aliphatic carbocycles. The van der Waals surface area contributed by atoms with Crippen molar-refractivity contribution in [2.24, 2.45) is 40.4 Å². The van der Waals surface area contributed by atoms with Crippen LogP contribution >= 0.6 is 0 Å². The van der Waals surface area contributed by atoms with E-state index in [2.05, 4.69) is 41.5 Å². The summed E-state index contributed by atoms with van der Waals surface area (Å²) in [5.41, 5.74) is 0.392. The SMILES string of the molecule is CC(C)(C)C1C2CC(C(=O)CS(C)(=O)=O)C(C2)C1C(C)(C)C. The van der Waals surface area contributed by atoms with E-state index in [0.717, 1.165) is 19.1 Å². The molecular weight excluding hydrogens is 296 g/mol. The summed E-state index contributed by atoms with van der Waals surface area (Å²) in [7, 11) is -3.22. The highest BCUT2D eigenvalue weighted by Gasteiger charge is 2.59. The van der Waals surface area contributed by atoms with Gasteiger partial charge in [0.15, 0.2) is 15.6 Å². The maximum atomic E-state index is 12.5. The van der Waals surface area contributed by atoms with Crippen LogP contribution in [0.15, 0.2) is 0 Å². The van der Waals surface area contributed by atoms with Crippen LogP contribution in [0.1, 0.15) is 54.4 Å². The summed E-state index contributed by atoms with van der Waals surface area (Å²) in [6, 6.07) is 0. The van der Waals surface area contributed by atoms with Crippen LogP contribution in [0.4, 0.5) is 0 Å². The predicted molar refractivity (Wildman–Crippen MR) is 90.3 cm³/mol. The second kappa shape index (κ2) is 5.32. The van der Waals surface area contributed by atoms with Gasteiger partial charge >= 0.3 is 0 Å². The molecular formula is C18H32O3S. The number of carbonyl (C=O) groups excluding carboxylic acids is 1. The molecule has 0 aromatic rings. The standard InChI is InChI=1S/C18H32O3S/c1-17(2,3)15-11-8-12(14(19)10-22(7,20)21)13(9-11)16(15)18(4,5)6/h11-13,15-16H,8-10H2,1-7H3. The van der Waals surface area contributed by atoms with Crippen LogP contribution in [0.2, 0.25) is 0 Å². The molecule has 22 heavy (non-hydrogen) atoms. The summed E-state index contributed by atoms with van der Waals surface area (Å²) in [6.07, 6.45) is 3.16. The highest BCUT2D eigenvalue weighted by atomic mass is 32.2. The molecule has 0 amide bonds. The first-order valence-corrected chi connectivity index (χ1v) is 10.5. The van der Waals surface area contributed by atoms with E-state index in [0.29, 0.717) is 23.7 Å². The Labute approximate surface area is 136 Å². The number of hydrogen-bond acceptors (Lipinski definition) is 3. The topological polar surface area (TPSA) is 51.2 Å². The van der Waals surface area contributed by atoms with E-state index >= 15 is 0 Å². The third kappa shape index (κ3) is 3.42. The lowest BCUT2D eigenvalue weighted by molar-refractivity contribution is -0.125.